The summed E-state index contributed by atoms with van der Waals surface area (Å²) in [6.07, 6.45) is 3.82. The Kier molecular flexibility index (Phi) is 6.91. The first-order valence-electron chi connectivity index (χ1n) is 11.3. The van der Waals surface area contributed by atoms with Gasteiger partial charge >= 0.3 is 0 Å². The summed E-state index contributed by atoms with van der Waals surface area (Å²) < 4.78 is 17.4. The highest BCUT2D eigenvalue weighted by Crippen LogP contribution is 2.27. The fraction of sp³-hybridized carbons (Fsp3) is 0.542. The van der Waals surface area contributed by atoms with E-state index < -0.39 is 11.7 Å². The molecule has 2 aliphatic heterocycles. The molecule has 2 amide bonds. The monoisotopic (exact) mass is 441 g/mol. The van der Waals surface area contributed by atoms with Gasteiger partial charge in [0, 0.05) is 31.0 Å². The van der Waals surface area contributed by atoms with Crippen molar-refractivity contribution in [3.8, 4) is 11.5 Å². The van der Waals surface area contributed by atoms with E-state index in [4.69, 9.17) is 13.9 Å². The van der Waals surface area contributed by atoms with E-state index in [1.165, 1.54) is 0 Å². The minimum atomic E-state index is -1.40. The number of carbonyl (C=O) groups is 2. The fourth-order valence-corrected chi connectivity index (χ4v) is 4.06. The molecule has 0 spiro atoms. The van der Waals surface area contributed by atoms with Gasteiger partial charge in [0.1, 0.15) is 5.76 Å². The van der Waals surface area contributed by atoms with E-state index in [-0.39, 0.29) is 18.4 Å². The third kappa shape index (κ3) is 5.19. The van der Waals surface area contributed by atoms with Gasteiger partial charge in [0.25, 0.3) is 5.91 Å². The van der Waals surface area contributed by atoms with Crippen molar-refractivity contribution in [1.82, 2.24) is 15.2 Å². The van der Waals surface area contributed by atoms with Crippen molar-refractivity contribution >= 4 is 11.8 Å². The van der Waals surface area contributed by atoms with Crippen molar-refractivity contribution < 1.29 is 23.5 Å². The van der Waals surface area contributed by atoms with E-state index in [9.17, 15) is 9.59 Å². The second-order valence-electron chi connectivity index (χ2n) is 8.65. The van der Waals surface area contributed by atoms with Gasteiger partial charge < -0.3 is 24.1 Å². The van der Waals surface area contributed by atoms with E-state index in [1.807, 2.05) is 37.3 Å². The average molecular weight is 442 g/mol. The lowest BCUT2D eigenvalue weighted by molar-refractivity contribution is -0.259. The first kappa shape index (κ1) is 22.5. The number of likely N-dealkylation sites (tertiary alicyclic amines) is 1. The number of piperidine rings is 1. The molecule has 0 unspecified atom stereocenters. The van der Waals surface area contributed by atoms with Crippen LogP contribution in [0.2, 0.25) is 0 Å². The molecule has 2 aromatic rings. The molecule has 1 N–H and O–H groups in total. The first-order chi connectivity index (χ1) is 15.4. The summed E-state index contributed by atoms with van der Waals surface area (Å²) in [4.78, 5) is 31.4. The molecule has 32 heavy (non-hydrogen) atoms. The number of hydrogen-bond acceptors (Lipinski definition) is 6. The number of nitrogens with zero attached hydrogens (tertiary/aromatic N) is 2. The van der Waals surface area contributed by atoms with Crippen LogP contribution < -0.4 is 5.32 Å². The Bertz CT molecular complexity index is 928. The van der Waals surface area contributed by atoms with E-state index >= 15 is 0 Å². The summed E-state index contributed by atoms with van der Waals surface area (Å²) in [5.41, 5.74) is 1.79. The molecule has 0 saturated carbocycles. The summed E-state index contributed by atoms with van der Waals surface area (Å²) in [5.74, 6) is -0.466. The fourth-order valence-electron chi connectivity index (χ4n) is 4.06. The first-order valence-corrected chi connectivity index (χ1v) is 11.3. The van der Waals surface area contributed by atoms with Gasteiger partial charge in [-0.1, -0.05) is 18.2 Å². The summed E-state index contributed by atoms with van der Waals surface area (Å²) in [6.45, 7) is 5.69. The second-order valence-corrected chi connectivity index (χ2v) is 8.65. The Hall–Kier alpha value is -2.71. The van der Waals surface area contributed by atoms with Gasteiger partial charge in [-0.15, -0.1) is 0 Å². The smallest absolute Gasteiger partial charge is 0.280 e. The number of ether oxygens (including phenoxy) is 2. The van der Waals surface area contributed by atoms with Gasteiger partial charge in [-0.25, -0.2) is 4.98 Å². The largest absolute Gasteiger partial charge is 0.441 e. The summed E-state index contributed by atoms with van der Waals surface area (Å²) in [5, 5.41) is 2.68. The molecule has 4 rings (SSSR count). The van der Waals surface area contributed by atoms with Crippen molar-refractivity contribution in [3.63, 3.8) is 0 Å². The quantitative estimate of drug-likeness (QED) is 0.741. The Morgan fingerprint density at radius 1 is 1.12 bits per heavy atom. The van der Waals surface area contributed by atoms with Gasteiger partial charge in [0.05, 0.1) is 25.5 Å². The SMILES string of the molecule is Cc1oc(-c2ccccc2)nc1CC1COC(C)(C(=O)NCC(=O)N2CCCCC2)OC1. The number of aromatic nitrogens is 1. The van der Waals surface area contributed by atoms with Crippen LogP contribution in [0, 0.1) is 12.8 Å². The molecule has 0 radical (unpaired) electrons. The van der Waals surface area contributed by atoms with E-state index in [0.717, 1.165) is 49.4 Å². The van der Waals surface area contributed by atoms with Gasteiger partial charge in [-0.05, 0) is 45.2 Å². The zero-order chi connectivity index (χ0) is 22.6. The number of aryl methyl sites for hydroxylation is 1. The molecule has 8 heteroatoms. The highest BCUT2D eigenvalue weighted by atomic mass is 16.7. The van der Waals surface area contributed by atoms with Crippen LogP contribution in [-0.2, 0) is 25.5 Å². The zero-order valence-corrected chi connectivity index (χ0v) is 18.8. The van der Waals surface area contributed by atoms with Crippen molar-refractivity contribution in [1.29, 1.82) is 0 Å². The number of rotatable bonds is 6. The third-order valence-corrected chi connectivity index (χ3v) is 6.11. The Balaban J connectivity index is 1.27. The number of hydrogen-bond donors (Lipinski definition) is 1. The molecule has 0 aliphatic carbocycles. The predicted octanol–water partition coefficient (Wildman–Crippen LogP) is 2.70. The van der Waals surface area contributed by atoms with Crippen molar-refractivity contribution in [2.24, 2.45) is 5.92 Å². The van der Waals surface area contributed by atoms with Gasteiger partial charge in [0.15, 0.2) is 0 Å². The lowest BCUT2D eigenvalue weighted by Crippen LogP contribution is -2.55. The standard InChI is InChI=1S/C24H31N3O5/c1-17-20(26-22(32-17)19-9-5-3-6-10-19)13-18-15-30-24(2,31-16-18)23(29)25-14-21(28)27-11-7-4-8-12-27/h3,5-6,9-10,18H,4,7-8,11-16H2,1-2H3,(H,25,29). The molecule has 8 nitrogen and oxygen atoms in total. The van der Waals surface area contributed by atoms with Gasteiger partial charge in [-0.2, -0.15) is 0 Å². The van der Waals surface area contributed by atoms with Gasteiger partial charge in [-0.3, -0.25) is 9.59 Å². The van der Waals surface area contributed by atoms with Crippen molar-refractivity contribution in [2.75, 3.05) is 32.8 Å². The highest BCUT2D eigenvalue weighted by molar-refractivity contribution is 5.88. The molecule has 1 aromatic carbocycles. The number of carbonyl (C=O) groups excluding carboxylic acids is 2. The van der Waals surface area contributed by atoms with Crippen LogP contribution in [0.3, 0.4) is 0 Å². The van der Waals surface area contributed by atoms with Crippen LogP contribution in [0.4, 0.5) is 0 Å². The third-order valence-electron chi connectivity index (χ3n) is 6.11. The molecule has 172 valence electrons. The number of oxazole rings is 1. The maximum Gasteiger partial charge on any atom is 0.280 e. The van der Waals surface area contributed by atoms with Gasteiger partial charge in [0.2, 0.25) is 17.6 Å². The molecular weight excluding hydrogens is 410 g/mol. The minimum absolute atomic E-state index is 0.0367. The lowest BCUT2D eigenvalue weighted by atomic mass is 10.0. The number of benzene rings is 1. The number of amides is 2. The highest BCUT2D eigenvalue weighted by Gasteiger charge is 2.41. The van der Waals surface area contributed by atoms with Crippen LogP contribution >= 0.6 is 0 Å². The molecule has 2 saturated heterocycles. The minimum Gasteiger partial charge on any atom is -0.441 e. The Morgan fingerprint density at radius 3 is 2.50 bits per heavy atom. The van der Waals surface area contributed by atoms with Crippen LogP contribution in [0.15, 0.2) is 34.7 Å². The molecule has 0 bridgehead atoms. The number of nitrogens with one attached hydrogen (secondary N) is 1. The Morgan fingerprint density at radius 2 is 1.81 bits per heavy atom. The summed E-state index contributed by atoms with van der Waals surface area (Å²) in [6, 6.07) is 9.77. The predicted molar refractivity (Wildman–Crippen MR) is 118 cm³/mol. The topological polar surface area (TPSA) is 93.9 Å². The average Bonchev–Trinajstić information content (AvgIpc) is 3.20. The van der Waals surface area contributed by atoms with Crippen LogP contribution in [-0.4, -0.2) is 60.3 Å². The maximum absolute atomic E-state index is 12.6. The molecular formula is C24H31N3O5. The zero-order valence-electron chi connectivity index (χ0n) is 18.8. The molecule has 2 fully saturated rings. The summed E-state index contributed by atoms with van der Waals surface area (Å²) in [7, 11) is 0. The molecule has 0 atom stereocenters. The van der Waals surface area contributed by atoms with Crippen LogP contribution in [0.1, 0.15) is 37.6 Å². The second kappa shape index (κ2) is 9.83. The van der Waals surface area contributed by atoms with Crippen molar-refractivity contribution in [3.05, 3.63) is 41.8 Å². The summed E-state index contributed by atoms with van der Waals surface area (Å²) >= 11 is 0. The van der Waals surface area contributed by atoms with Crippen molar-refractivity contribution in [2.45, 2.75) is 45.3 Å². The molecule has 3 heterocycles. The van der Waals surface area contributed by atoms with Crippen LogP contribution in [0.25, 0.3) is 11.5 Å². The van der Waals surface area contributed by atoms with E-state index in [0.29, 0.717) is 25.5 Å². The maximum atomic E-state index is 12.6. The van der Waals surface area contributed by atoms with E-state index in [2.05, 4.69) is 10.3 Å². The lowest BCUT2D eigenvalue weighted by Gasteiger charge is -2.36. The molecule has 1 aromatic heterocycles. The molecule has 2 aliphatic rings. The van der Waals surface area contributed by atoms with E-state index in [1.54, 1.807) is 11.8 Å². The normalized spacial score (nSPS) is 23.7. The Labute approximate surface area is 188 Å². The van der Waals surface area contributed by atoms with Crippen LogP contribution in [0.5, 0.6) is 0 Å².